The van der Waals surface area contributed by atoms with Crippen molar-refractivity contribution in [2.45, 2.75) is 0 Å². The largest absolute Gasteiger partial charge is 0.454 e. The summed E-state index contributed by atoms with van der Waals surface area (Å²) in [5, 5.41) is 0. The van der Waals surface area contributed by atoms with Gasteiger partial charge in [0.25, 0.3) is 11.5 Å². The first-order valence-corrected chi connectivity index (χ1v) is 7.69. The van der Waals surface area contributed by atoms with Crippen LogP contribution in [0, 0.1) is 0 Å². The number of hydrogen-bond acceptors (Lipinski definition) is 6. The molecule has 0 radical (unpaired) electrons. The summed E-state index contributed by atoms with van der Waals surface area (Å²) < 4.78 is 10.6. The molecule has 1 amide bonds. The van der Waals surface area contributed by atoms with Crippen molar-refractivity contribution in [3.05, 3.63) is 46.5 Å². The summed E-state index contributed by atoms with van der Waals surface area (Å²) in [5.74, 6) is 1.87. The molecule has 0 aliphatic carbocycles. The highest BCUT2D eigenvalue weighted by molar-refractivity contribution is 5.95. The van der Waals surface area contributed by atoms with Crippen LogP contribution in [0.25, 0.3) is 0 Å². The fraction of sp³-hybridized carbons (Fsp3) is 0.312. The summed E-state index contributed by atoms with van der Waals surface area (Å²) in [4.78, 5) is 34.5. The van der Waals surface area contributed by atoms with Gasteiger partial charge in [-0.1, -0.05) is 0 Å². The zero-order valence-corrected chi connectivity index (χ0v) is 12.9. The fourth-order valence-corrected chi connectivity index (χ4v) is 2.88. The number of fused-ring (bicyclic) bond motifs is 1. The minimum atomic E-state index is -0.182. The van der Waals surface area contributed by atoms with Crippen LogP contribution in [0.15, 0.2) is 35.4 Å². The van der Waals surface area contributed by atoms with Crippen LogP contribution in [0.1, 0.15) is 10.4 Å². The number of amides is 1. The lowest BCUT2D eigenvalue weighted by atomic mass is 10.1. The Kier molecular flexibility index (Phi) is 3.56. The number of nitrogens with one attached hydrogen (secondary N) is 1. The average molecular weight is 328 g/mol. The van der Waals surface area contributed by atoms with Crippen LogP contribution in [0.5, 0.6) is 11.5 Å². The number of carbonyl (C=O) groups excluding carboxylic acids is 1. The van der Waals surface area contributed by atoms with Gasteiger partial charge in [0.2, 0.25) is 6.79 Å². The van der Waals surface area contributed by atoms with Crippen LogP contribution < -0.4 is 19.9 Å². The first-order valence-electron chi connectivity index (χ1n) is 7.69. The molecule has 3 heterocycles. The van der Waals surface area contributed by atoms with Gasteiger partial charge in [-0.25, -0.2) is 4.98 Å². The summed E-state index contributed by atoms with van der Waals surface area (Å²) in [7, 11) is 0. The smallest absolute Gasteiger partial charge is 0.254 e. The van der Waals surface area contributed by atoms with E-state index >= 15 is 0 Å². The van der Waals surface area contributed by atoms with E-state index in [0.717, 1.165) is 0 Å². The van der Waals surface area contributed by atoms with Gasteiger partial charge in [-0.05, 0) is 18.2 Å². The van der Waals surface area contributed by atoms with Crippen molar-refractivity contribution in [3.63, 3.8) is 0 Å². The third kappa shape index (κ3) is 2.66. The van der Waals surface area contributed by atoms with Crippen molar-refractivity contribution in [3.8, 4) is 11.5 Å². The lowest BCUT2D eigenvalue weighted by molar-refractivity contribution is 0.0746. The molecule has 1 fully saturated rings. The third-order valence-electron chi connectivity index (χ3n) is 4.17. The summed E-state index contributed by atoms with van der Waals surface area (Å²) >= 11 is 0. The maximum Gasteiger partial charge on any atom is 0.254 e. The molecule has 2 aliphatic rings. The molecule has 4 rings (SSSR count). The van der Waals surface area contributed by atoms with Crippen LogP contribution >= 0.6 is 0 Å². The van der Waals surface area contributed by atoms with Crippen LogP contribution in [0.2, 0.25) is 0 Å². The Labute approximate surface area is 137 Å². The molecule has 0 spiro atoms. The number of H-pyrrole nitrogens is 1. The van der Waals surface area contributed by atoms with Crippen molar-refractivity contribution >= 4 is 11.7 Å². The Bertz CT molecular complexity index is 827. The minimum absolute atomic E-state index is 0.0354. The van der Waals surface area contributed by atoms with Gasteiger partial charge in [-0.2, -0.15) is 0 Å². The second-order valence-corrected chi connectivity index (χ2v) is 5.62. The number of anilines is 1. The van der Waals surface area contributed by atoms with E-state index in [1.54, 1.807) is 23.1 Å². The van der Waals surface area contributed by atoms with Gasteiger partial charge in [0.1, 0.15) is 5.82 Å². The van der Waals surface area contributed by atoms with Gasteiger partial charge >= 0.3 is 0 Å². The molecule has 24 heavy (non-hydrogen) atoms. The molecule has 2 aromatic rings. The van der Waals surface area contributed by atoms with Crippen LogP contribution in [0.4, 0.5) is 5.82 Å². The lowest BCUT2D eigenvalue weighted by Crippen LogP contribution is -2.49. The number of aromatic nitrogens is 2. The number of hydrogen-bond donors (Lipinski definition) is 1. The van der Waals surface area contributed by atoms with E-state index in [0.29, 0.717) is 49.1 Å². The zero-order chi connectivity index (χ0) is 16.5. The Morgan fingerprint density at radius 3 is 2.67 bits per heavy atom. The standard InChI is InChI=1S/C16H16N4O4/c21-15-8-14(17-9-18-15)19-3-5-20(6-4-19)16(22)11-1-2-12-13(7-11)24-10-23-12/h1-2,7-9H,3-6,10H2,(H,17,18,21). The van der Waals surface area contributed by atoms with E-state index in [-0.39, 0.29) is 18.3 Å². The molecule has 8 nitrogen and oxygen atoms in total. The van der Waals surface area contributed by atoms with Crippen molar-refractivity contribution in [1.82, 2.24) is 14.9 Å². The zero-order valence-electron chi connectivity index (χ0n) is 12.9. The van der Waals surface area contributed by atoms with E-state index in [1.165, 1.54) is 12.4 Å². The average Bonchev–Trinajstić information content (AvgIpc) is 3.09. The van der Waals surface area contributed by atoms with Crippen molar-refractivity contribution in [1.29, 1.82) is 0 Å². The molecule has 1 N–H and O–H groups in total. The Morgan fingerprint density at radius 2 is 1.88 bits per heavy atom. The minimum Gasteiger partial charge on any atom is -0.454 e. The Morgan fingerprint density at radius 1 is 1.08 bits per heavy atom. The Balaban J connectivity index is 1.44. The fourth-order valence-electron chi connectivity index (χ4n) is 2.88. The first kappa shape index (κ1) is 14.6. The molecule has 2 aliphatic heterocycles. The summed E-state index contributed by atoms with van der Waals surface area (Å²) in [6, 6.07) is 6.69. The summed E-state index contributed by atoms with van der Waals surface area (Å²) in [6.45, 7) is 2.60. The molecule has 0 saturated carbocycles. The van der Waals surface area contributed by atoms with E-state index in [4.69, 9.17) is 9.47 Å². The normalized spacial score (nSPS) is 16.3. The molecule has 1 saturated heterocycles. The van der Waals surface area contributed by atoms with Crippen molar-refractivity contribution in [2.75, 3.05) is 37.9 Å². The highest BCUT2D eigenvalue weighted by Crippen LogP contribution is 2.32. The monoisotopic (exact) mass is 328 g/mol. The number of carbonyl (C=O) groups is 1. The van der Waals surface area contributed by atoms with E-state index in [1.807, 2.05) is 4.90 Å². The number of benzene rings is 1. The van der Waals surface area contributed by atoms with Gasteiger partial charge in [0.15, 0.2) is 11.5 Å². The van der Waals surface area contributed by atoms with Gasteiger partial charge in [0, 0.05) is 37.8 Å². The van der Waals surface area contributed by atoms with Crippen LogP contribution in [0.3, 0.4) is 0 Å². The molecule has 124 valence electrons. The molecule has 8 heteroatoms. The SMILES string of the molecule is O=C(c1ccc2c(c1)OCO2)N1CCN(c2cc(=O)[nH]cn2)CC1. The third-order valence-corrected chi connectivity index (χ3v) is 4.17. The highest BCUT2D eigenvalue weighted by Gasteiger charge is 2.24. The Hall–Kier alpha value is -3.03. The van der Waals surface area contributed by atoms with E-state index < -0.39 is 0 Å². The molecular weight excluding hydrogens is 312 g/mol. The molecule has 0 bridgehead atoms. The topological polar surface area (TPSA) is 87.8 Å². The second kappa shape index (κ2) is 5.88. The van der Waals surface area contributed by atoms with Crippen LogP contribution in [-0.2, 0) is 0 Å². The molecular formula is C16H16N4O4. The second-order valence-electron chi connectivity index (χ2n) is 5.62. The van der Waals surface area contributed by atoms with Crippen molar-refractivity contribution in [2.24, 2.45) is 0 Å². The van der Waals surface area contributed by atoms with Crippen molar-refractivity contribution < 1.29 is 14.3 Å². The molecule has 0 unspecified atom stereocenters. The summed E-state index contributed by atoms with van der Waals surface area (Å²) in [5.41, 5.74) is 0.404. The number of aromatic amines is 1. The van der Waals surface area contributed by atoms with E-state index in [9.17, 15) is 9.59 Å². The quantitative estimate of drug-likeness (QED) is 0.862. The highest BCUT2D eigenvalue weighted by atomic mass is 16.7. The molecule has 1 aromatic heterocycles. The van der Waals surface area contributed by atoms with Gasteiger partial charge in [0.05, 0.1) is 6.33 Å². The van der Waals surface area contributed by atoms with Gasteiger partial charge < -0.3 is 24.3 Å². The predicted octanol–water partition coefficient (Wildman–Crippen LogP) is 0.461. The maximum atomic E-state index is 12.6. The van der Waals surface area contributed by atoms with Crippen LogP contribution in [-0.4, -0.2) is 53.7 Å². The lowest BCUT2D eigenvalue weighted by Gasteiger charge is -2.35. The van der Waals surface area contributed by atoms with Gasteiger partial charge in [-0.15, -0.1) is 0 Å². The number of piperazine rings is 1. The summed E-state index contributed by atoms with van der Waals surface area (Å²) in [6.07, 6.45) is 1.39. The number of nitrogens with zero attached hydrogens (tertiary/aromatic N) is 3. The van der Waals surface area contributed by atoms with Gasteiger partial charge in [-0.3, -0.25) is 9.59 Å². The molecule has 0 atom stereocenters. The predicted molar refractivity (Wildman–Crippen MR) is 85.5 cm³/mol. The number of rotatable bonds is 2. The first-order chi connectivity index (χ1) is 11.7. The van der Waals surface area contributed by atoms with E-state index in [2.05, 4.69) is 9.97 Å². The molecule has 1 aromatic carbocycles. The maximum absolute atomic E-state index is 12.6. The number of ether oxygens (including phenoxy) is 2.